The van der Waals surface area contributed by atoms with E-state index in [-0.39, 0.29) is 5.82 Å². The Hall–Kier alpha value is -1.16. The average molecular weight is 253 g/mol. The van der Waals surface area contributed by atoms with Crippen LogP contribution in [0.3, 0.4) is 0 Å². The highest BCUT2D eigenvalue weighted by atomic mass is 19.1. The second kappa shape index (κ2) is 7.31. The fraction of sp³-hybridized carbons (Fsp3) is 0.643. The van der Waals surface area contributed by atoms with Gasteiger partial charge in [0.25, 0.3) is 0 Å². The molecule has 0 saturated carbocycles. The van der Waals surface area contributed by atoms with Crippen LogP contribution in [0.25, 0.3) is 0 Å². The number of anilines is 1. The molecule has 0 aliphatic carbocycles. The lowest BCUT2D eigenvalue weighted by Crippen LogP contribution is -2.23. The largest absolute Gasteiger partial charge is 0.357 e. The second-order valence-electron chi connectivity index (χ2n) is 4.99. The fourth-order valence-corrected chi connectivity index (χ4v) is 1.69. The summed E-state index contributed by atoms with van der Waals surface area (Å²) in [5.74, 6) is 0.858. The van der Waals surface area contributed by atoms with Crippen molar-refractivity contribution in [3.05, 3.63) is 23.6 Å². The Morgan fingerprint density at radius 3 is 2.78 bits per heavy atom. The Bertz CT molecular complexity index is 366. The Morgan fingerprint density at radius 1 is 1.44 bits per heavy atom. The second-order valence-corrected chi connectivity index (χ2v) is 4.99. The van der Waals surface area contributed by atoms with Crippen molar-refractivity contribution in [3.63, 3.8) is 0 Å². The van der Waals surface area contributed by atoms with Gasteiger partial charge in [0, 0.05) is 31.9 Å². The van der Waals surface area contributed by atoms with E-state index in [1.807, 2.05) is 18.9 Å². The smallest absolute Gasteiger partial charge is 0.170 e. The van der Waals surface area contributed by atoms with Gasteiger partial charge in [-0.3, -0.25) is 0 Å². The minimum absolute atomic E-state index is 0.204. The highest BCUT2D eigenvalue weighted by Crippen LogP contribution is 2.19. The summed E-state index contributed by atoms with van der Waals surface area (Å²) in [7, 11) is 1.89. The molecule has 0 aliphatic heterocycles. The summed E-state index contributed by atoms with van der Waals surface area (Å²) in [4.78, 5) is 6.04. The van der Waals surface area contributed by atoms with Gasteiger partial charge in [0.05, 0.1) is 0 Å². The van der Waals surface area contributed by atoms with Gasteiger partial charge in [0.15, 0.2) is 11.6 Å². The summed E-state index contributed by atoms with van der Waals surface area (Å²) < 4.78 is 14.2. The van der Waals surface area contributed by atoms with E-state index in [0.29, 0.717) is 23.8 Å². The van der Waals surface area contributed by atoms with Crippen molar-refractivity contribution in [3.8, 4) is 0 Å². The zero-order valence-electron chi connectivity index (χ0n) is 11.8. The minimum atomic E-state index is -0.204. The Balaban J connectivity index is 2.75. The van der Waals surface area contributed by atoms with Crippen LogP contribution in [0.4, 0.5) is 10.2 Å². The molecule has 1 aromatic heterocycles. The molecule has 18 heavy (non-hydrogen) atoms. The van der Waals surface area contributed by atoms with E-state index in [9.17, 15) is 4.39 Å². The lowest BCUT2D eigenvalue weighted by Gasteiger charge is -2.20. The average Bonchev–Trinajstić information content (AvgIpc) is 2.34. The molecule has 3 nitrogen and oxygen atoms in total. The molecule has 0 unspecified atom stereocenters. The summed E-state index contributed by atoms with van der Waals surface area (Å²) >= 11 is 0. The maximum absolute atomic E-state index is 14.2. The molecule has 1 rings (SSSR count). The lowest BCUT2D eigenvalue weighted by atomic mass is 10.1. The van der Waals surface area contributed by atoms with Crippen molar-refractivity contribution >= 4 is 5.82 Å². The first-order chi connectivity index (χ1) is 8.56. The van der Waals surface area contributed by atoms with Gasteiger partial charge in [0.2, 0.25) is 0 Å². The molecule has 0 atom stereocenters. The molecule has 0 fully saturated rings. The van der Waals surface area contributed by atoms with Crippen molar-refractivity contribution < 1.29 is 4.39 Å². The van der Waals surface area contributed by atoms with E-state index < -0.39 is 0 Å². The third-order valence-corrected chi connectivity index (χ3v) is 2.92. The van der Waals surface area contributed by atoms with Gasteiger partial charge in [-0.25, -0.2) is 9.37 Å². The van der Waals surface area contributed by atoms with Gasteiger partial charge in [0.1, 0.15) is 0 Å². The summed E-state index contributed by atoms with van der Waals surface area (Å²) in [5, 5.41) is 3.14. The number of rotatable bonds is 7. The maximum Gasteiger partial charge on any atom is 0.170 e. The van der Waals surface area contributed by atoms with Crippen molar-refractivity contribution in [2.24, 2.45) is 5.92 Å². The monoisotopic (exact) mass is 253 g/mol. The normalized spacial score (nSPS) is 11.0. The van der Waals surface area contributed by atoms with E-state index in [1.54, 1.807) is 12.3 Å². The molecule has 0 aromatic carbocycles. The maximum atomic E-state index is 14.2. The van der Waals surface area contributed by atoms with Crippen LogP contribution >= 0.6 is 0 Å². The van der Waals surface area contributed by atoms with Crippen molar-refractivity contribution in [2.75, 3.05) is 25.0 Å². The van der Waals surface area contributed by atoms with Gasteiger partial charge in [-0.15, -0.1) is 0 Å². The number of pyridine rings is 1. The summed E-state index contributed by atoms with van der Waals surface area (Å²) in [5.41, 5.74) is 0.679. The molecule has 1 aromatic rings. The van der Waals surface area contributed by atoms with Crippen LogP contribution in [0, 0.1) is 11.7 Å². The quantitative estimate of drug-likeness (QED) is 0.810. The molecular weight excluding hydrogens is 229 g/mol. The van der Waals surface area contributed by atoms with Gasteiger partial charge in [-0.2, -0.15) is 0 Å². The van der Waals surface area contributed by atoms with Crippen molar-refractivity contribution in [1.82, 2.24) is 10.3 Å². The number of hydrogen-bond donors (Lipinski definition) is 1. The molecular formula is C14H24FN3. The molecule has 4 heteroatoms. The molecule has 0 bridgehead atoms. The van der Waals surface area contributed by atoms with E-state index in [2.05, 4.69) is 24.1 Å². The molecule has 102 valence electrons. The number of nitrogens with zero attached hydrogens (tertiary/aromatic N) is 2. The predicted molar refractivity (Wildman–Crippen MR) is 74.3 cm³/mol. The van der Waals surface area contributed by atoms with Crippen LogP contribution in [0.15, 0.2) is 12.3 Å². The SMILES string of the molecule is CCNCc1ccnc(N(C)CCC(C)C)c1F. The predicted octanol–water partition coefficient (Wildman–Crippen LogP) is 2.81. The third-order valence-electron chi connectivity index (χ3n) is 2.92. The van der Waals surface area contributed by atoms with E-state index in [1.165, 1.54) is 0 Å². The van der Waals surface area contributed by atoms with Crippen LogP contribution in [0.2, 0.25) is 0 Å². The molecule has 1 heterocycles. The standard InChI is InChI=1S/C14H24FN3/c1-5-16-10-12-6-8-17-14(13(12)15)18(4)9-7-11(2)3/h6,8,11,16H,5,7,9-10H2,1-4H3. The van der Waals surface area contributed by atoms with Crippen molar-refractivity contribution in [2.45, 2.75) is 33.7 Å². The van der Waals surface area contributed by atoms with Gasteiger partial charge < -0.3 is 10.2 Å². The molecule has 0 radical (unpaired) electrons. The van der Waals surface area contributed by atoms with Crippen LogP contribution < -0.4 is 10.2 Å². The first kappa shape index (κ1) is 14.9. The fourth-order valence-electron chi connectivity index (χ4n) is 1.69. The summed E-state index contributed by atoms with van der Waals surface area (Å²) in [6, 6.07) is 1.73. The minimum Gasteiger partial charge on any atom is -0.357 e. The Morgan fingerprint density at radius 2 is 2.17 bits per heavy atom. The highest BCUT2D eigenvalue weighted by molar-refractivity contribution is 5.42. The Labute approximate surface area is 109 Å². The van der Waals surface area contributed by atoms with Gasteiger partial charge >= 0.3 is 0 Å². The van der Waals surface area contributed by atoms with Gasteiger partial charge in [-0.1, -0.05) is 20.8 Å². The number of aromatic nitrogens is 1. The zero-order valence-corrected chi connectivity index (χ0v) is 11.8. The van der Waals surface area contributed by atoms with Crippen LogP contribution in [0.5, 0.6) is 0 Å². The highest BCUT2D eigenvalue weighted by Gasteiger charge is 2.13. The zero-order chi connectivity index (χ0) is 13.5. The number of hydrogen-bond acceptors (Lipinski definition) is 3. The number of halogens is 1. The molecule has 1 N–H and O–H groups in total. The number of nitrogens with one attached hydrogen (secondary N) is 1. The van der Waals surface area contributed by atoms with Crippen molar-refractivity contribution in [1.29, 1.82) is 0 Å². The topological polar surface area (TPSA) is 28.2 Å². The first-order valence-corrected chi connectivity index (χ1v) is 6.61. The first-order valence-electron chi connectivity index (χ1n) is 6.61. The third kappa shape index (κ3) is 4.26. The van der Waals surface area contributed by atoms with Crippen LogP contribution in [-0.4, -0.2) is 25.1 Å². The van der Waals surface area contributed by atoms with Crippen LogP contribution in [-0.2, 0) is 6.54 Å². The summed E-state index contributed by atoms with van der Waals surface area (Å²) in [6.07, 6.45) is 2.71. The molecule has 0 saturated heterocycles. The van der Waals surface area contributed by atoms with E-state index in [4.69, 9.17) is 0 Å². The summed E-state index contributed by atoms with van der Waals surface area (Å²) in [6.45, 7) is 8.55. The lowest BCUT2D eigenvalue weighted by molar-refractivity contribution is 0.560. The Kier molecular flexibility index (Phi) is 6.05. The van der Waals surface area contributed by atoms with E-state index in [0.717, 1.165) is 19.5 Å². The molecule has 0 spiro atoms. The van der Waals surface area contributed by atoms with Crippen LogP contribution in [0.1, 0.15) is 32.8 Å². The van der Waals surface area contributed by atoms with E-state index >= 15 is 0 Å². The molecule has 0 aliphatic rings. The molecule has 0 amide bonds. The van der Waals surface area contributed by atoms with Gasteiger partial charge in [-0.05, 0) is 24.9 Å².